The predicted octanol–water partition coefficient (Wildman–Crippen LogP) is 3.42. The van der Waals surface area contributed by atoms with Gasteiger partial charge in [-0.3, -0.25) is 28.3 Å². The minimum Gasteiger partial charge on any atom is -0.384 e. The van der Waals surface area contributed by atoms with Crippen LogP contribution in [0.3, 0.4) is 0 Å². The van der Waals surface area contributed by atoms with Gasteiger partial charge in [0, 0.05) is 30.2 Å². The van der Waals surface area contributed by atoms with Gasteiger partial charge in [0.15, 0.2) is 0 Å². The Morgan fingerprint density at radius 2 is 1.70 bits per heavy atom. The van der Waals surface area contributed by atoms with E-state index in [4.69, 9.17) is 5.73 Å². The number of rotatable bonds is 11. The maximum Gasteiger partial charge on any atom is 0.319 e. The van der Waals surface area contributed by atoms with Crippen LogP contribution >= 0.6 is 10.6 Å². The molecule has 3 fully saturated rings. The number of hydrogen-bond donors (Lipinski definition) is 7. The SMILES string of the molecule is CC(C)(O)c1cnnn1[C@H]1C[C@@H](C(=O)NC2(C(=O)C(N)=O)CCS(O)(O)CC2)N(C(=O)C(CC2CCCCC2)NC(=O)Nc2ccc3ccccc3c2)C1. The number of nitrogens with one attached hydrogen (secondary N) is 3. The topological polar surface area (TPSA) is 242 Å². The molecular weight excluding hydrogens is 717 g/mol. The van der Waals surface area contributed by atoms with E-state index in [1.165, 1.54) is 15.8 Å². The molecule has 5 amide bonds. The number of amides is 5. The zero-order chi connectivity index (χ0) is 38.8. The fourth-order valence-corrected chi connectivity index (χ4v) is 9.63. The van der Waals surface area contributed by atoms with Crippen LogP contribution in [0.15, 0.2) is 48.7 Å². The number of nitrogens with zero attached hydrogens (tertiary/aromatic N) is 4. The lowest BCUT2D eigenvalue weighted by atomic mass is 9.84. The molecule has 2 saturated heterocycles. The van der Waals surface area contributed by atoms with Gasteiger partial charge >= 0.3 is 6.03 Å². The Morgan fingerprint density at radius 3 is 2.37 bits per heavy atom. The second-order valence-corrected chi connectivity index (χ2v) is 17.9. The minimum absolute atomic E-state index is 0.000518. The molecule has 0 spiro atoms. The zero-order valence-corrected chi connectivity index (χ0v) is 31.4. The summed E-state index contributed by atoms with van der Waals surface area (Å²) < 4.78 is 22.1. The van der Waals surface area contributed by atoms with Crippen molar-refractivity contribution in [2.75, 3.05) is 23.4 Å². The van der Waals surface area contributed by atoms with Crippen molar-refractivity contribution in [1.82, 2.24) is 30.5 Å². The minimum atomic E-state index is -3.03. The van der Waals surface area contributed by atoms with Gasteiger partial charge in [-0.1, -0.05) is 67.6 Å². The van der Waals surface area contributed by atoms with Crippen LogP contribution in [0.1, 0.15) is 83.4 Å². The first-order valence-corrected chi connectivity index (χ1v) is 20.3. The number of carbonyl (C=O) groups excluding carboxylic acids is 5. The van der Waals surface area contributed by atoms with Gasteiger partial charge < -0.3 is 31.7 Å². The molecule has 292 valence electrons. The van der Waals surface area contributed by atoms with Gasteiger partial charge in [0.2, 0.25) is 17.6 Å². The maximum absolute atomic E-state index is 14.8. The lowest BCUT2D eigenvalue weighted by molar-refractivity contribution is -0.145. The van der Waals surface area contributed by atoms with Crippen molar-refractivity contribution in [2.45, 2.75) is 101 Å². The number of fused-ring (bicyclic) bond motifs is 1. The molecule has 1 saturated carbocycles. The molecule has 2 aliphatic heterocycles. The van der Waals surface area contributed by atoms with Crippen LogP contribution < -0.4 is 21.7 Å². The summed E-state index contributed by atoms with van der Waals surface area (Å²) in [6, 6.07) is 9.75. The highest BCUT2D eigenvalue weighted by molar-refractivity contribution is 8.24. The fraction of sp³-hybridized carbons (Fsp3) is 0.541. The Labute approximate surface area is 314 Å². The molecular formula is C37H50N8O8S. The van der Waals surface area contributed by atoms with Gasteiger partial charge in [0.05, 0.1) is 17.9 Å². The van der Waals surface area contributed by atoms with Gasteiger partial charge in [0.25, 0.3) is 5.91 Å². The zero-order valence-electron chi connectivity index (χ0n) is 30.6. The highest BCUT2D eigenvalue weighted by Crippen LogP contribution is 2.47. The van der Waals surface area contributed by atoms with E-state index in [-0.39, 0.29) is 43.2 Å². The molecule has 3 atom stereocenters. The average molecular weight is 767 g/mol. The van der Waals surface area contributed by atoms with Crippen LogP contribution in [0, 0.1) is 5.92 Å². The molecule has 6 rings (SSSR count). The largest absolute Gasteiger partial charge is 0.384 e. The van der Waals surface area contributed by atoms with Crippen molar-refractivity contribution in [3.8, 4) is 0 Å². The summed E-state index contributed by atoms with van der Waals surface area (Å²) in [6.07, 6.45) is 6.12. The molecule has 3 aromatic rings. The summed E-state index contributed by atoms with van der Waals surface area (Å²) >= 11 is 0. The first kappa shape index (κ1) is 39.1. The lowest BCUT2D eigenvalue weighted by Gasteiger charge is -2.45. The monoisotopic (exact) mass is 766 g/mol. The molecule has 8 N–H and O–H groups in total. The van der Waals surface area contributed by atoms with E-state index in [2.05, 4.69) is 26.3 Å². The van der Waals surface area contributed by atoms with E-state index >= 15 is 0 Å². The fourth-order valence-electron chi connectivity index (χ4n) is 8.07. The molecule has 17 heteroatoms. The summed E-state index contributed by atoms with van der Waals surface area (Å²) in [5, 5.41) is 29.5. The lowest BCUT2D eigenvalue weighted by Crippen LogP contribution is -2.64. The number of aliphatic hydroxyl groups is 1. The van der Waals surface area contributed by atoms with Crippen molar-refractivity contribution in [3.63, 3.8) is 0 Å². The molecule has 3 aliphatic rings. The van der Waals surface area contributed by atoms with Crippen molar-refractivity contribution in [2.24, 2.45) is 11.7 Å². The molecule has 1 aromatic heterocycles. The highest BCUT2D eigenvalue weighted by Gasteiger charge is 2.50. The molecule has 1 aliphatic carbocycles. The third-order valence-electron chi connectivity index (χ3n) is 11.0. The Bertz CT molecular complexity index is 1900. The molecule has 0 bridgehead atoms. The molecule has 2 aromatic carbocycles. The number of ketones is 1. The smallest absolute Gasteiger partial charge is 0.319 e. The van der Waals surface area contributed by atoms with Crippen LogP contribution in [0.2, 0.25) is 0 Å². The number of anilines is 1. The van der Waals surface area contributed by atoms with Gasteiger partial charge in [0.1, 0.15) is 23.2 Å². The third kappa shape index (κ3) is 8.69. The van der Waals surface area contributed by atoms with Gasteiger partial charge in [-0.15, -0.1) is 5.10 Å². The number of hydrogen-bond acceptors (Lipinski definition) is 10. The van der Waals surface area contributed by atoms with Crippen molar-refractivity contribution >= 4 is 56.6 Å². The summed E-state index contributed by atoms with van der Waals surface area (Å²) in [6.45, 7) is 3.08. The number of benzene rings is 2. The summed E-state index contributed by atoms with van der Waals surface area (Å²) in [4.78, 5) is 69.6. The second kappa shape index (κ2) is 15.6. The first-order chi connectivity index (χ1) is 25.5. The first-order valence-electron chi connectivity index (χ1n) is 18.4. The van der Waals surface area contributed by atoms with E-state index in [1.54, 1.807) is 19.9 Å². The molecule has 54 heavy (non-hydrogen) atoms. The van der Waals surface area contributed by atoms with Crippen molar-refractivity contribution in [3.05, 3.63) is 54.4 Å². The molecule has 1 unspecified atom stereocenters. The quantitative estimate of drug-likeness (QED) is 0.140. The number of likely N-dealkylation sites (tertiary alicyclic amines) is 1. The average Bonchev–Trinajstić information content (AvgIpc) is 3.81. The van der Waals surface area contributed by atoms with Crippen molar-refractivity contribution < 1.29 is 38.2 Å². The summed E-state index contributed by atoms with van der Waals surface area (Å²) in [5.74, 6) is -3.92. The van der Waals surface area contributed by atoms with E-state index in [0.29, 0.717) is 17.8 Å². The van der Waals surface area contributed by atoms with Crippen molar-refractivity contribution in [1.29, 1.82) is 0 Å². The van der Waals surface area contributed by atoms with E-state index < -0.39 is 69.4 Å². The van der Waals surface area contributed by atoms with Crippen LogP contribution in [-0.4, -0.2) is 99.3 Å². The predicted molar refractivity (Wildman–Crippen MR) is 202 cm³/mol. The number of Topliss-reactive ketones (excluding diaryl/α,β-unsaturated/α-hetero) is 1. The van der Waals surface area contributed by atoms with Crippen LogP contribution in [0.25, 0.3) is 10.8 Å². The normalized spacial score (nSPS) is 22.6. The molecule has 3 heterocycles. The Kier molecular flexibility index (Phi) is 11.3. The van der Waals surface area contributed by atoms with Gasteiger partial charge in [-0.25, -0.2) is 9.48 Å². The second-order valence-electron chi connectivity index (χ2n) is 15.4. The number of urea groups is 1. The van der Waals surface area contributed by atoms with Crippen LogP contribution in [-0.2, 0) is 24.8 Å². The number of aromatic nitrogens is 3. The van der Waals surface area contributed by atoms with E-state index in [9.17, 15) is 38.2 Å². The highest BCUT2D eigenvalue weighted by atomic mass is 32.3. The Hall–Kier alpha value is -4.58. The molecule has 0 radical (unpaired) electrons. The standard InChI is InChI=1S/C37H50N8O8S/c1-36(2,51)30-21-39-43-45(30)27-20-29(33(48)42-37(31(46)32(38)47)14-16-54(52,53)17-15-37)44(22-27)34(49)28(18-23-8-4-3-5-9-23)41-35(50)40-26-13-12-24-10-6-7-11-25(24)19-26/h6-7,10-13,19,21,23,27-29,51-53H,3-5,8-9,14-18,20,22H2,1-2H3,(H2,38,47)(H,42,48)(H2,40,41,50)/t27-,28?,29-/m0/s1. The maximum atomic E-state index is 14.8. The van der Waals surface area contributed by atoms with E-state index in [0.717, 1.165) is 42.9 Å². The number of carbonyl (C=O) groups is 5. The van der Waals surface area contributed by atoms with E-state index in [1.807, 2.05) is 36.4 Å². The van der Waals surface area contributed by atoms with Gasteiger partial charge in [-0.2, -0.15) is 10.6 Å². The summed E-state index contributed by atoms with van der Waals surface area (Å²) in [7, 11) is -3.03. The molecule has 16 nitrogen and oxygen atoms in total. The number of primary amides is 1. The van der Waals surface area contributed by atoms with Gasteiger partial charge in [-0.05, 0) is 61.9 Å². The number of nitrogens with two attached hydrogens (primary N) is 1. The summed E-state index contributed by atoms with van der Waals surface area (Å²) in [5.41, 5.74) is 3.13. The van der Waals surface area contributed by atoms with Crippen LogP contribution in [0.4, 0.5) is 10.5 Å². The third-order valence-corrected chi connectivity index (χ3v) is 12.8. The Balaban J connectivity index is 1.30. The Morgan fingerprint density at radius 1 is 1.02 bits per heavy atom. The van der Waals surface area contributed by atoms with Crippen LogP contribution in [0.5, 0.6) is 0 Å².